The molecule has 1 aromatic carbocycles. The zero-order valence-corrected chi connectivity index (χ0v) is 13.0. The van der Waals surface area contributed by atoms with E-state index < -0.39 is 0 Å². The molecular formula is C16H21BrO2. The highest BCUT2D eigenvalue weighted by atomic mass is 79.9. The van der Waals surface area contributed by atoms with Crippen molar-refractivity contribution in [1.29, 1.82) is 0 Å². The van der Waals surface area contributed by atoms with Crippen molar-refractivity contribution < 1.29 is 9.47 Å². The molecule has 0 aromatic heterocycles. The Hall–Kier alpha value is -0.700. The number of benzene rings is 1. The standard InChI is InChI=1S/C16H21BrO2/c1-18-14-2-4-15(5-3-14)19-7-6-16(11-17)9-12-8-13(12)10-16/h2-5,12-13H,6-11H2,1H3. The number of ether oxygens (including phenoxy) is 2. The molecule has 3 heteroatoms. The first-order valence-electron chi connectivity index (χ1n) is 7.07. The SMILES string of the molecule is COc1ccc(OCCC2(CBr)CC3CC3C2)cc1. The summed E-state index contributed by atoms with van der Waals surface area (Å²) >= 11 is 3.71. The second kappa shape index (κ2) is 5.35. The van der Waals surface area contributed by atoms with Crippen LogP contribution in [0.4, 0.5) is 0 Å². The summed E-state index contributed by atoms with van der Waals surface area (Å²) < 4.78 is 11.0. The van der Waals surface area contributed by atoms with Crippen molar-refractivity contribution in [2.24, 2.45) is 17.3 Å². The molecule has 2 aliphatic rings. The fraction of sp³-hybridized carbons (Fsp3) is 0.625. The summed E-state index contributed by atoms with van der Waals surface area (Å²) in [6.07, 6.45) is 5.44. The van der Waals surface area contributed by atoms with E-state index in [1.807, 2.05) is 24.3 Å². The average molecular weight is 325 g/mol. The topological polar surface area (TPSA) is 18.5 Å². The molecule has 19 heavy (non-hydrogen) atoms. The Morgan fingerprint density at radius 2 is 1.79 bits per heavy atom. The van der Waals surface area contributed by atoms with Gasteiger partial charge in [0, 0.05) is 5.33 Å². The van der Waals surface area contributed by atoms with Gasteiger partial charge in [0.25, 0.3) is 0 Å². The molecule has 1 aromatic rings. The highest BCUT2D eigenvalue weighted by molar-refractivity contribution is 9.09. The lowest BCUT2D eigenvalue weighted by Crippen LogP contribution is -2.23. The van der Waals surface area contributed by atoms with Crippen LogP contribution < -0.4 is 9.47 Å². The predicted octanol–water partition coefficient (Wildman–Crippen LogP) is 4.28. The molecular weight excluding hydrogens is 304 g/mol. The number of halogens is 1. The molecule has 0 N–H and O–H groups in total. The van der Waals surface area contributed by atoms with E-state index >= 15 is 0 Å². The summed E-state index contributed by atoms with van der Waals surface area (Å²) in [4.78, 5) is 0. The first-order chi connectivity index (χ1) is 9.24. The lowest BCUT2D eigenvalue weighted by Gasteiger charge is -2.28. The summed E-state index contributed by atoms with van der Waals surface area (Å²) in [5.74, 6) is 3.87. The Morgan fingerprint density at radius 3 is 2.37 bits per heavy atom. The molecule has 2 nitrogen and oxygen atoms in total. The molecule has 0 spiro atoms. The maximum atomic E-state index is 5.87. The molecule has 0 heterocycles. The monoisotopic (exact) mass is 324 g/mol. The Labute approximate surface area is 123 Å². The van der Waals surface area contributed by atoms with Gasteiger partial charge in [-0.2, -0.15) is 0 Å². The van der Waals surface area contributed by atoms with E-state index in [1.54, 1.807) is 7.11 Å². The molecule has 3 rings (SSSR count). The minimum Gasteiger partial charge on any atom is -0.497 e. The molecule has 0 aliphatic heterocycles. The van der Waals surface area contributed by atoms with Crippen molar-refractivity contribution in [3.63, 3.8) is 0 Å². The number of hydrogen-bond acceptors (Lipinski definition) is 2. The number of rotatable bonds is 6. The molecule has 2 aliphatic carbocycles. The van der Waals surface area contributed by atoms with Gasteiger partial charge in [0.15, 0.2) is 0 Å². The van der Waals surface area contributed by atoms with E-state index in [4.69, 9.17) is 9.47 Å². The van der Waals surface area contributed by atoms with Gasteiger partial charge in [-0.3, -0.25) is 0 Å². The quantitative estimate of drug-likeness (QED) is 0.727. The number of fused-ring (bicyclic) bond motifs is 1. The molecule has 0 bridgehead atoms. The maximum absolute atomic E-state index is 5.87. The van der Waals surface area contributed by atoms with Crippen LogP contribution in [0.5, 0.6) is 11.5 Å². The zero-order valence-electron chi connectivity index (χ0n) is 11.4. The van der Waals surface area contributed by atoms with Crippen LogP contribution >= 0.6 is 15.9 Å². The van der Waals surface area contributed by atoms with Gasteiger partial charge in [-0.1, -0.05) is 15.9 Å². The van der Waals surface area contributed by atoms with Gasteiger partial charge in [0.05, 0.1) is 13.7 Å². The Bertz CT molecular complexity index is 419. The first kappa shape index (κ1) is 13.3. The number of alkyl halides is 1. The molecule has 0 amide bonds. The maximum Gasteiger partial charge on any atom is 0.119 e. The fourth-order valence-electron chi connectivity index (χ4n) is 3.44. The van der Waals surface area contributed by atoms with E-state index in [-0.39, 0.29) is 0 Å². The number of hydrogen-bond donors (Lipinski definition) is 0. The third-order valence-electron chi connectivity index (χ3n) is 4.70. The highest BCUT2D eigenvalue weighted by Crippen LogP contribution is 2.61. The lowest BCUT2D eigenvalue weighted by molar-refractivity contribution is 0.207. The van der Waals surface area contributed by atoms with Crippen LogP contribution in [0.1, 0.15) is 25.7 Å². The smallest absolute Gasteiger partial charge is 0.119 e. The van der Waals surface area contributed by atoms with Gasteiger partial charge in [0.2, 0.25) is 0 Å². The van der Waals surface area contributed by atoms with Gasteiger partial charge < -0.3 is 9.47 Å². The average Bonchev–Trinajstić information content (AvgIpc) is 3.07. The summed E-state index contributed by atoms with van der Waals surface area (Å²) in [5.41, 5.74) is 0.500. The molecule has 2 fully saturated rings. The molecule has 0 radical (unpaired) electrons. The Balaban J connectivity index is 1.49. The van der Waals surface area contributed by atoms with E-state index in [0.29, 0.717) is 5.41 Å². The summed E-state index contributed by atoms with van der Waals surface area (Å²) in [6, 6.07) is 7.85. The van der Waals surface area contributed by atoms with Crippen LogP contribution in [0.2, 0.25) is 0 Å². The molecule has 104 valence electrons. The summed E-state index contributed by atoms with van der Waals surface area (Å²) in [7, 11) is 1.68. The van der Waals surface area contributed by atoms with Gasteiger partial charge in [-0.25, -0.2) is 0 Å². The third-order valence-corrected chi connectivity index (χ3v) is 5.89. The molecule has 2 atom stereocenters. The second-order valence-corrected chi connectivity index (χ2v) is 6.63. The third kappa shape index (κ3) is 2.91. The highest BCUT2D eigenvalue weighted by Gasteiger charge is 2.52. The Morgan fingerprint density at radius 1 is 1.16 bits per heavy atom. The lowest BCUT2D eigenvalue weighted by atomic mass is 9.82. The molecule has 2 unspecified atom stereocenters. The van der Waals surface area contributed by atoms with Crippen molar-refractivity contribution in [3.05, 3.63) is 24.3 Å². The normalized spacial score (nSPS) is 31.9. The van der Waals surface area contributed by atoms with Crippen LogP contribution in [0.15, 0.2) is 24.3 Å². The van der Waals surface area contributed by atoms with E-state index in [2.05, 4.69) is 15.9 Å². The van der Waals surface area contributed by atoms with E-state index in [9.17, 15) is 0 Å². The van der Waals surface area contributed by atoms with Crippen LogP contribution in [-0.2, 0) is 0 Å². The first-order valence-corrected chi connectivity index (χ1v) is 8.20. The van der Waals surface area contributed by atoms with Crippen LogP contribution in [0, 0.1) is 17.3 Å². The minimum atomic E-state index is 0.500. The van der Waals surface area contributed by atoms with E-state index in [1.165, 1.54) is 19.3 Å². The van der Waals surface area contributed by atoms with Crippen LogP contribution in [0.3, 0.4) is 0 Å². The van der Waals surface area contributed by atoms with Gasteiger partial charge >= 0.3 is 0 Å². The molecule has 0 saturated heterocycles. The van der Waals surface area contributed by atoms with E-state index in [0.717, 1.165) is 41.7 Å². The second-order valence-electron chi connectivity index (χ2n) is 6.07. The minimum absolute atomic E-state index is 0.500. The summed E-state index contributed by atoms with van der Waals surface area (Å²) in [5, 5.41) is 1.12. The van der Waals surface area contributed by atoms with Crippen LogP contribution in [0.25, 0.3) is 0 Å². The van der Waals surface area contributed by atoms with Crippen molar-refractivity contribution in [1.82, 2.24) is 0 Å². The zero-order chi connectivity index (χ0) is 13.3. The fourth-order valence-corrected chi connectivity index (χ4v) is 4.18. The number of methoxy groups -OCH3 is 1. The van der Waals surface area contributed by atoms with Crippen molar-refractivity contribution in [2.75, 3.05) is 19.0 Å². The summed E-state index contributed by atoms with van der Waals surface area (Å²) in [6.45, 7) is 0.817. The predicted molar refractivity (Wildman–Crippen MR) is 80.2 cm³/mol. The Kier molecular flexibility index (Phi) is 3.75. The van der Waals surface area contributed by atoms with Gasteiger partial charge in [-0.15, -0.1) is 0 Å². The van der Waals surface area contributed by atoms with Crippen LogP contribution in [-0.4, -0.2) is 19.0 Å². The molecule has 2 saturated carbocycles. The van der Waals surface area contributed by atoms with Crippen molar-refractivity contribution in [3.8, 4) is 11.5 Å². The largest absolute Gasteiger partial charge is 0.497 e. The van der Waals surface area contributed by atoms with Gasteiger partial charge in [0.1, 0.15) is 11.5 Å². The van der Waals surface area contributed by atoms with Crippen molar-refractivity contribution in [2.45, 2.75) is 25.7 Å². The van der Waals surface area contributed by atoms with Gasteiger partial charge in [-0.05, 0) is 67.2 Å². The van der Waals surface area contributed by atoms with Crippen molar-refractivity contribution >= 4 is 15.9 Å².